The summed E-state index contributed by atoms with van der Waals surface area (Å²) < 4.78 is 1.21. The van der Waals surface area contributed by atoms with Crippen LogP contribution in [0, 0.1) is 0 Å². The van der Waals surface area contributed by atoms with Crippen molar-refractivity contribution in [2.24, 2.45) is 0 Å². The van der Waals surface area contributed by atoms with Gasteiger partial charge >= 0.3 is 0 Å². The van der Waals surface area contributed by atoms with Crippen molar-refractivity contribution in [1.82, 2.24) is 9.78 Å². The van der Waals surface area contributed by atoms with E-state index in [9.17, 15) is 5.11 Å². The summed E-state index contributed by atoms with van der Waals surface area (Å²) in [4.78, 5) is 9.67. The quantitative estimate of drug-likeness (QED) is 0.611. The van der Waals surface area contributed by atoms with Crippen LogP contribution in [0.15, 0.2) is 18.7 Å². The SMILES string of the molecule is C=Cc1c(C(C)OOC)nn(-c2c(Cl)cc(Cl)cc2Cl)c1O. The maximum absolute atomic E-state index is 10.4. The molecular weight excluding hydrogens is 351 g/mol. The number of aromatic hydroxyl groups is 1. The zero-order valence-corrected chi connectivity index (χ0v) is 14.1. The minimum atomic E-state index is -0.532. The van der Waals surface area contributed by atoms with Crippen molar-refractivity contribution in [3.63, 3.8) is 0 Å². The van der Waals surface area contributed by atoms with E-state index < -0.39 is 6.10 Å². The van der Waals surface area contributed by atoms with Crippen LogP contribution in [-0.2, 0) is 9.78 Å². The minimum Gasteiger partial charge on any atom is -0.493 e. The number of nitrogens with zero attached hydrogens (tertiary/aromatic N) is 2. The second kappa shape index (κ2) is 6.89. The Kier molecular flexibility index (Phi) is 5.36. The lowest BCUT2D eigenvalue weighted by Gasteiger charge is -2.09. The van der Waals surface area contributed by atoms with Crippen LogP contribution >= 0.6 is 34.8 Å². The Hall–Kier alpha value is -1.24. The number of halogens is 3. The second-order valence-corrected chi connectivity index (χ2v) is 5.61. The zero-order chi connectivity index (χ0) is 16.4. The van der Waals surface area contributed by atoms with Gasteiger partial charge in [0.1, 0.15) is 17.5 Å². The molecule has 0 aliphatic heterocycles. The molecule has 0 aliphatic carbocycles. The Morgan fingerprint density at radius 1 is 1.32 bits per heavy atom. The third-order valence-corrected chi connectivity index (χ3v) is 3.74. The van der Waals surface area contributed by atoms with Gasteiger partial charge in [0.25, 0.3) is 0 Å². The Labute approximate surface area is 142 Å². The molecule has 8 heteroatoms. The maximum atomic E-state index is 10.4. The summed E-state index contributed by atoms with van der Waals surface area (Å²) in [6.45, 7) is 5.38. The summed E-state index contributed by atoms with van der Waals surface area (Å²) in [6, 6.07) is 3.02. The average molecular weight is 364 g/mol. The highest BCUT2D eigenvalue weighted by Crippen LogP contribution is 2.37. The van der Waals surface area contributed by atoms with Crippen molar-refractivity contribution in [2.75, 3.05) is 7.11 Å². The molecule has 0 saturated carbocycles. The Balaban J connectivity index is 2.65. The zero-order valence-electron chi connectivity index (χ0n) is 11.8. The molecule has 0 saturated heterocycles. The van der Waals surface area contributed by atoms with E-state index in [1.165, 1.54) is 30.0 Å². The van der Waals surface area contributed by atoms with Gasteiger partial charge in [-0.15, -0.1) is 0 Å². The van der Waals surface area contributed by atoms with Gasteiger partial charge in [-0.05, 0) is 19.1 Å². The third kappa shape index (κ3) is 3.09. The number of rotatable bonds is 5. The van der Waals surface area contributed by atoms with E-state index in [-0.39, 0.29) is 15.9 Å². The first kappa shape index (κ1) is 17.1. The summed E-state index contributed by atoms with van der Waals surface area (Å²) in [5, 5.41) is 15.6. The van der Waals surface area contributed by atoms with Gasteiger partial charge in [0.05, 0.1) is 22.7 Å². The van der Waals surface area contributed by atoms with Gasteiger partial charge < -0.3 is 5.11 Å². The van der Waals surface area contributed by atoms with Crippen molar-refractivity contribution >= 4 is 40.9 Å². The summed E-state index contributed by atoms with van der Waals surface area (Å²) in [5.41, 5.74) is 1.13. The Morgan fingerprint density at radius 2 is 1.91 bits per heavy atom. The molecule has 0 spiro atoms. The van der Waals surface area contributed by atoms with Crippen LogP contribution in [0.3, 0.4) is 0 Å². The van der Waals surface area contributed by atoms with Gasteiger partial charge in [-0.1, -0.05) is 47.5 Å². The molecule has 1 aromatic heterocycles. The lowest BCUT2D eigenvalue weighted by molar-refractivity contribution is -0.304. The fourth-order valence-corrected chi connectivity index (χ4v) is 2.99. The van der Waals surface area contributed by atoms with Crippen LogP contribution in [0.25, 0.3) is 11.8 Å². The molecule has 1 N–H and O–H groups in total. The minimum absolute atomic E-state index is 0.164. The molecular formula is C14H13Cl3N2O3. The van der Waals surface area contributed by atoms with Crippen LogP contribution in [0.1, 0.15) is 24.3 Å². The third-order valence-electron chi connectivity index (χ3n) is 2.95. The molecule has 118 valence electrons. The molecule has 0 fully saturated rings. The summed E-state index contributed by atoms with van der Waals surface area (Å²) in [7, 11) is 1.38. The van der Waals surface area contributed by atoms with E-state index in [0.717, 1.165) is 0 Å². The molecule has 2 aromatic rings. The van der Waals surface area contributed by atoms with Gasteiger partial charge in [-0.3, -0.25) is 0 Å². The number of hydrogen-bond donors (Lipinski definition) is 1. The first-order valence-corrected chi connectivity index (χ1v) is 7.32. The molecule has 1 aromatic carbocycles. The van der Waals surface area contributed by atoms with Crippen LogP contribution in [-0.4, -0.2) is 22.0 Å². The van der Waals surface area contributed by atoms with Gasteiger partial charge in [0, 0.05) is 5.02 Å². The van der Waals surface area contributed by atoms with E-state index in [0.29, 0.717) is 22.0 Å². The van der Waals surface area contributed by atoms with Crippen molar-refractivity contribution < 1.29 is 14.9 Å². The highest BCUT2D eigenvalue weighted by Gasteiger charge is 2.24. The molecule has 5 nitrogen and oxygen atoms in total. The fourth-order valence-electron chi connectivity index (χ4n) is 2.02. The predicted octanol–water partition coefficient (Wildman–Crippen LogP) is 4.82. The number of benzene rings is 1. The molecule has 1 atom stereocenters. The molecule has 1 heterocycles. The van der Waals surface area contributed by atoms with Crippen LogP contribution < -0.4 is 0 Å². The first-order valence-electron chi connectivity index (χ1n) is 6.19. The van der Waals surface area contributed by atoms with Crippen LogP contribution in [0.4, 0.5) is 0 Å². The molecule has 0 bridgehead atoms. The van der Waals surface area contributed by atoms with Crippen molar-refractivity contribution in [1.29, 1.82) is 0 Å². The molecule has 0 amide bonds. The molecule has 0 radical (unpaired) electrons. The van der Waals surface area contributed by atoms with Crippen molar-refractivity contribution in [3.05, 3.63) is 45.0 Å². The average Bonchev–Trinajstić information content (AvgIpc) is 2.75. The van der Waals surface area contributed by atoms with E-state index >= 15 is 0 Å². The van der Waals surface area contributed by atoms with Gasteiger partial charge in [0.15, 0.2) is 0 Å². The smallest absolute Gasteiger partial charge is 0.222 e. The standard InChI is InChI=1S/C14H13Cl3N2O3/c1-4-9-12(7(2)22-21-3)18-19(14(9)20)13-10(16)5-8(15)6-11(13)17/h4-7,20H,1H2,2-3H3. The van der Waals surface area contributed by atoms with Crippen LogP contribution in [0.2, 0.25) is 15.1 Å². The van der Waals surface area contributed by atoms with Gasteiger partial charge in [-0.25, -0.2) is 9.78 Å². The Bertz CT molecular complexity index is 693. The topological polar surface area (TPSA) is 56.5 Å². The second-order valence-electron chi connectivity index (χ2n) is 4.36. The van der Waals surface area contributed by atoms with E-state index in [1.807, 2.05) is 0 Å². The highest BCUT2D eigenvalue weighted by molar-refractivity contribution is 6.40. The van der Waals surface area contributed by atoms with Crippen molar-refractivity contribution in [2.45, 2.75) is 13.0 Å². The summed E-state index contributed by atoms with van der Waals surface area (Å²) >= 11 is 18.2. The van der Waals surface area contributed by atoms with Crippen LogP contribution in [0.5, 0.6) is 5.88 Å². The Morgan fingerprint density at radius 3 is 2.41 bits per heavy atom. The van der Waals surface area contributed by atoms with Gasteiger partial charge in [0.2, 0.25) is 5.88 Å². The lowest BCUT2D eigenvalue weighted by atomic mass is 10.2. The molecule has 22 heavy (non-hydrogen) atoms. The normalized spacial score (nSPS) is 12.4. The summed E-state index contributed by atoms with van der Waals surface area (Å²) in [6.07, 6.45) is 0.927. The maximum Gasteiger partial charge on any atom is 0.222 e. The number of aromatic nitrogens is 2. The number of hydrogen-bond acceptors (Lipinski definition) is 4. The van der Waals surface area contributed by atoms with E-state index in [4.69, 9.17) is 39.7 Å². The highest BCUT2D eigenvalue weighted by atomic mass is 35.5. The van der Waals surface area contributed by atoms with Gasteiger partial charge in [-0.2, -0.15) is 9.78 Å². The monoisotopic (exact) mass is 362 g/mol. The van der Waals surface area contributed by atoms with Crippen molar-refractivity contribution in [3.8, 4) is 11.6 Å². The lowest BCUT2D eigenvalue weighted by Crippen LogP contribution is -2.03. The van der Waals surface area contributed by atoms with E-state index in [2.05, 4.69) is 16.6 Å². The molecule has 2 rings (SSSR count). The predicted molar refractivity (Wildman–Crippen MR) is 86.9 cm³/mol. The largest absolute Gasteiger partial charge is 0.493 e. The summed E-state index contributed by atoms with van der Waals surface area (Å²) in [5.74, 6) is -0.164. The molecule has 1 unspecified atom stereocenters. The fraction of sp³-hybridized carbons (Fsp3) is 0.214. The first-order chi connectivity index (χ1) is 10.4. The molecule has 0 aliphatic rings. The van der Waals surface area contributed by atoms with E-state index in [1.54, 1.807) is 6.92 Å².